The quantitative estimate of drug-likeness (QED) is 0.609. The second kappa shape index (κ2) is 9.16. The summed E-state index contributed by atoms with van der Waals surface area (Å²) in [6.45, 7) is 4.86. The topological polar surface area (TPSA) is 78.8 Å². The lowest BCUT2D eigenvalue weighted by molar-refractivity contribution is 0.122. The van der Waals surface area contributed by atoms with Crippen LogP contribution in [0, 0.1) is 0 Å². The Bertz CT molecular complexity index is 766. The highest BCUT2D eigenvalue weighted by Gasteiger charge is 2.20. The van der Waals surface area contributed by atoms with Crippen LogP contribution in [0.5, 0.6) is 0 Å². The first-order valence-electron chi connectivity index (χ1n) is 9.66. The molecule has 0 aliphatic carbocycles. The molecule has 2 aromatic rings. The van der Waals surface area contributed by atoms with Gasteiger partial charge in [0.2, 0.25) is 17.8 Å². The van der Waals surface area contributed by atoms with Crippen LogP contribution < -0.4 is 15.2 Å². The number of nitrogens with zero attached hydrogens (tertiary/aromatic N) is 6. The van der Waals surface area contributed by atoms with Crippen molar-refractivity contribution in [2.24, 2.45) is 5.10 Å². The Balaban J connectivity index is 1.54. The number of hydrogen-bond acceptors (Lipinski definition) is 8. The molecule has 0 unspecified atom stereocenters. The van der Waals surface area contributed by atoms with E-state index >= 15 is 0 Å². The standard InChI is InChI=1S/C19H24ClN7O/c20-16-6-4-15(5-7-16)14-21-25-17-22-18(26-8-2-1-3-9-26)24-19(23-17)27-10-12-28-13-11-27/h4-7,14H,1-3,8-13H2,(H,22,23,24,25)/b21-14+. The third kappa shape index (κ3) is 4.88. The van der Waals surface area contributed by atoms with Crippen LogP contribution >= 0.6 is 11.6 Å². The van der Waals surface area contributed by atoms with E-state index in [2.05, 4.69) is 30.3 Å². The fraction of sp³-hybridized carbons (Fsp3) is 0.474. The highest BCUT2D eigenvalue weighted by molar-refractivity contribution is 6.30. The third-order valence-corrected chi connectivity index (χ3v) is 5.04. The normalized spacial score (nSPS) is 17.9. The van der Waals surface area contributed by atoms with Crippen molar-refractivity contribution >= 4 is 35.7 Å². The predicted octanol–water partition coefficient (Wildman–Crippen LogP) is 2.80. The molecule has 0 spiro atoms. The van der Waals surface area contributed by atoms with Crippen LogP contribution in [0.2, 0.25) is 5.02 Å². The Kier molecular flexibility index (Phi) is 6.18. The fourth-order valence-corrected chi connectivity index (χ4v) is 3.38. The number of halogens is 1. The van der Waals surface area contributed by atoms with Crippen LogP contribution in [0.15, 0.2) is 29.4 Å². The maximum atomic E-state index is 5.92. The minimum atomic E-state index is 0.447. The van der Waals surface area contributed by atoms with Gasteiger partial charge in [-0.1, -0.05) is 23.7 Å². The summed E-state index contributed by atoms with van der Waals surface area (Å²) in [6.07, 6.45) is 5.30. The molecule has 1 aromatic heterocycles. The first-order chi connectivity index (χ1) is 13.8. The van der Waals surface area contributed by atoms with E-state index in [1.807, 2.05) is 24.3 Å². The predicted molar refractivity (Wildman–Crippen MR) is 112 cm³/mol. The van der Waals surface area contributed by atoms with Crippen molar-refractivity contribution in [3.05, 3.63) is 34.9 Å². The lowest BCUT2D eigenvalue weighted by Gasteiger charge is -2.30. The molecule has 0 amide bonds. The van der Waals surface area contributed by atoms with Gasteiger partial charge in [-0.15, -0.1) is 0 Å². The van der Waals surface area contributed by atoms with Crippen LogP contribution in [-0.4, -0.2) is 60.6 Å². The SMILES string of the molecule is Clc1ccc(/C=N/Nc2nc(N3CCCCC3)nc(N3CCOCC3)n2)cc1. The second-order valence-electron chi connectivity index (χ2n) is 6.83. The monoisotopic (exact) mass is 401 g/mol. The molecule has 3 heterocycles. The minimum Gasteiger partial charge on any atom is -0.378 e. The van der Waals surface area contributed by atoms with Crippen LogP contribution in [0.25, 0.3) is 0 Å². The molecule has 1 aromatic carbocycles. The fourth-order valence-electron chi connectivity index (χ4n) is 3.26. The summed E-state index contributed by atoms with van der Waals surface area (Å²) < 4.78 is 5.45. The van der Waals surface area contributed by atoms with Crippen molar-refractivity contribution in [1.29, 1.82) is 0 Å². The molecule has 2 saturated heterocycles. The molecule has 148 valence electrons. The molecule has 9 heteroatoms. The minimum absolute atomic E-state index is 0.447. The molecule has 28 heavy (non-hydrogen) atoms. The zero-order valence-corrected chi connectivity index (χ0v) is 16.5. The van der Waals surface area contributed by atoms with Gasteiger partial charge in [0, 0.05) is 31.2 Å². The maximum Gasteiger partial charge on any atom is 0.250 e. The van der Waals surface area contributed by atoms with E-state index in [-0.39, 0.29) is 0 Å². The van der Waals surface area contributed by atoms with Gasteiger partial charge in [-0.3, -0.25) is 0 Å². The molecular weight excluding hydrogens is 378 g/mol. The molecule has 2 fully saturated rings. The van der Waals surface area contributed by atoms with Crippen molar-refractivity contribution < 1.29 is 4.74 Å². The lowest BCUT2D eigenvalue weighted by atomic mass is 10.1. The van der Waals surface area contributed by atoms with Gasteiger partial charge in [-0.05, 0) is 37.0 Å². The van der Waals surface area contributed by atoms with Gasteiger partial charge in [0.1, 0.15) is 0 Å². The number of anilines is 3. The number of piperidine rings is 1. The molecule has 0 bridgehead atoms. The lowest BCUT2D eigenvalue weighted by Crippen LogP contribution is -2.38. The average molecular weight is 402 g/mol. The van der Waals surface area contributed by atoms with E-state index in [0.29, 0.717) is 36.1 Å². The summed E-state index contributed by atoms with van der Waals surface area (Å²) in [4.78, 5) is 18.3. The molecule has 0 saturated carbocycles. The molecule has 2 aliphatic heterocycles. The zero-order chi connectivity index (χ0) is 19.2. The van der Waals surface area contributed by atoms with Crippen molar-refractivity contribution in [2.45, 2.75) is 19.3 Å². The second-order valence-corrected chi connectivity index (χ2v) is 7.26. The number of nitrogens with one attached hydrogen (secondary N) is 1. The van der Waals surface area contributed by atoms with E-state index in [1.165, 1.54) is 6.42 Å². The van der Waals surface area contributed by atoms with Crippen LogP contribution in [0.1, 0.15) is 24.8 Å². The van der Waals surface area contributed by atoms with Gasteiger partial charge in [0.05, 0.1) is 19.4 Å². The number of benzene rings is 1. The van der Waals surface area contributed by atoms with Crippen molar-refractivity contribution in [1.82, 2.24) is 15.0 Å². The molecular formula is C19H24ClN7O. The summed E-state index contributed by atoms with van der Waals surface area (Å²) in [7, 11) is 0. The molecule has 1 N–H and O–H groups in total. The number of hydrazone groups is 1. The Morgan fingerprint density at radius 2 is 1.54 bits per heavy atom. The smallest absolute Gasteiger partial charge is 0.250 e. The summed E-state index contributed by atoms with van der Waals surface area (Å²) in [6, 6.07) is 7.46. The van der Waals surface area contributed by atoms with Crippen molar-refractivity contribution in [2.75, 3.05) is 54.6 Å². The molecule has 0 radical (unpaired) electrons. The van der Waals surface area contributed by atoms with Gasteiger partial charge in [0.15, 0.2) is 0 Å². The average Bonchev–Trinajstić information content (AvgIpc) is 2.76. The number of aromatic nitrogens is 3. The summed E-state index contributed by atoms with van der Waals surface area (Å²) in [5.41, 5.74) is 3.90. The highest BCUT2D eigenvalue weighted by Crippen LogP contribution is 2.21. The van der Waals surface area contributed by atoms with Crippen LogP contribution in [0.3, 0.4) is 0 Å². The van der Waals surface area contributed by atoms with E-state index in [0.717, 1.165) is 44.6 Å². The van der Waals surface area contributed by atoms with E-state index in [4.69, 9.17) is 21.3 Å². The van der Waals surface area contributed by atoms with E-state index in [9.17, 15) is 0 Å². The van der Waals surface area contributed by atoms with Crippen molar-refractivity contribution in [3.8, 4) is 0 Å². The third-order valence-electron chi connectivity index (χ3n) is 4.79. The maximum absolute atomic E-state index is 5.92. The highest BCUT2D eigenvalue weighted by atomic mass is 35.5. The van der Waals surface area contributed by atoms with E-state index < -0.39 is 0 Å². The molecule has 2 aliphatic rings. The number of rotatable bonds is 5. The van der Waals surface area contributed by atoms with Crippen LogP contribution in [-0.2, 0) is 4.74 Å². The van der Waals surface area contributed by atoms with Gasteiger partial charge in [-0.2, -0.15) is 20.1 Å². The Morgan fingerprint density at radius 1 is 0.893 bits per heavy atom. The first kappa shape index (κ1) is 18.9. The Hall–Kier alpha value is -2.45. The van der Waals surface area contributed by atoms with Gasteiger partial charge in [-0.25, -0.2) is 5.43 Å². The largest absolute Gasteiger partial charge is 0.378 e. The molecule has 0 atom stereocenters. The van der Waals surface area contributed by atoms with E-state index in [1.54, 1.807) is 6.21 Å². The first-order valence-corrected chi connectivity index (χ1v) is 10.0. The van der Waals surface area contributed by atoms with Gasteiger partial charge in [0.25, 0.3) is 0 Å². The molecule has 8 nitrogen and oxygen atoms in total. The summed E-state index contributed by atoms with van der Waals surface area (Å²) in [5.74, 6) is 1.82. The summed E-state index contributed by atoms with van der Waals surface area (Å²) >= 11 is 5.92. The summed E-state index contributed by atoms with van der Waals surface area (Å²) in [5, 5.41) is 4.98. The molecule has 4 rings (SSSR count). The van der Waals surface area contributed by atoms with Crippen molar-refractivity contribution in [3.63, 3.8) is 0 Å². The Labute approximate surface area is 169 Å². The number of morpholine rings is 1. The zero-order valence-electron chi connectivity index (χ0n) is 15.7. The van der Waals surface area contributed by atoms with Gasteiger partial charge < -0.3 is 14.5 Å². The van der Waals surface area contributed by atoms with Gasteiger partial charge >= 0.3 is 0 Å². The Morgan fingerprint density at radius 3 is 2.21 bits per heavy atom. The van der Waals surface area contributed by atoms with Crippen LogP contribution in [0.4, 0.5) is 17.8 Å². The number of ether oxygens (including phenoxy) is 1. The number of hydrogen-bond donors (Lipinski definition) is 1.